The summed E-state index contributed by atoms with van der Waals surface area (Å²) in [6.07, 6.45) is 0. The molecule has 2 heterocycles. The summed E-state index contributed by atoms with van der Waals surface area (Å²) in [6.45, 7) is 3.55. The monoisotopic (exact) mass is 389 g/mol. The van der Waals surface area contributed by atoms with Crippen molar-refractivity contribution in [1.29, 1.82) is 0 Å². The van der Waals surface area contributed by atoms with Gasteiger partial charge >= 0.3 is 5.69 Å². The molecule has 4 N–H and O–H groups in total. The van der Waals surface area contributed by atoms with Crippen LogP contribution in [-0.2, 0) is 4.79 Å². The first-order valence-electron chi connectivity index (χ1n) is 9.07. The standard InChI is InChI=1S/C21H19N5O3/c1-11-3-5-16-13(7-11)8-15(12(2)23-16)20(28)22-10-19(27)24-14-4-6-17-18(9-14)26-21(29)25-17/h3-9H,10H2,1-2H3,(H,22,28)(H,24,27)(H2,25,26,29). The molecule has 146 valence electrons. The van der Waals surface area contributed by atoms with Crippen molar-refractivity contribution < 1.29 is 9.59 Å². The number of carbonyl (C=O) groups is 2. The van der Waals surface area contributed by atoms with Gasteiger partial charge in [0.1, 0.15) is 0 Å². The molecule has 29 heavy (non-hydrogen) atoms. The Balaban J connectivity index is 1.44. The summed E-state index contributed by atoms with van der Waals surface area (Å²) in [5.74, 6) is -0.739. The normalized spacial score (nSPS) is 11.0. The molecule has 0 spiro atoms. The minimum Gasteiger partial charge on any atom is -0.343 e. The topological polar surface area (TPSA) is 120 Å². The number of nitrogens with zero attached hydrogens (tertiary/aromatic N) is 1. The molecule has 0 saturated heterocycles. The molecule has 2 aromatic heterocycles. The molecule has 0 aliphatic rings. The predicted octanol–water partition coefficient (Wildman–Crippen LogP) is 2.39. The number of imidazole rings is 1. The van der Waals surface area contributed by atoms with Crippen LogP contribution in [0.3, 0.4) is 0 Å². The summed E-state index contributed by atoms with van der Waals surface area (Å²) in [6, 6.07) is 12.6. The van der Waals surface area contributed by atoms with Crippen LogP contribution in [0.1, 0.15) is 21.6 Å². The third-order valence-electron chi connectivity index (χ3n) is 4.61. The number of benzene rings is 2. The van der Waals surface area contributed by atoms with Gasteiger partial charge in [-0.05, 0) is 50.2 Å². The maximum atomic E-state index is 12.6. The van der Waals surface area contributed by atoms with Gasteiger partial charge in [0.2, 0.25) is 5.91 Å². The minimum atomic E-state index is -0.377. The molecule has 0 unspecified atom stereocenters. The number of hydrogen-bond donors (Lipinski definition) is 4. The lowest BCUT2D eigenvalue weighted by molar-refractivity contribution is -0.115. The Morgan fingerprint density at radius 1 is 1.00 bits per heavy atom. The molecule has 0 aliphatic carbocycles. The van der Waals surface area contributed by atoms with Gasteiger partial charge in [0.25, 0.3) is 5.91 Å². The van der Waals surface area contributed by atoms with Crippen LogP contribution in [-0.4, -0.2) is 33.3 Å². The molecule has 8 nitrogen and oxygen atoms in total. The van der Waals surface area contributed by atoms with Gasteiger partial charge in [-0.1, -0.05) is 11.6 Å². The molecule has 0 fully saturated rings. The Morgan fingerprint density at radius 2 is 1.79 bits per heavy atom. The van der Waals surface area contributed by atoms with Crippen molar-refractivity contribution in [2.45, 2.75) is 13.8 Å². The summed E-state index contributed by atoms with van der Waals surface area (Å²) in [5.41, 5.74) is 4.37. The van der Waals surface area contributed by atoms with Crippen LogP contribution in [0.4, 0.5) is 5.69 Å². The van der Waals surface area contributed by atoms with Gasteiger partial charge in [0, 0.05) is 11.1 Å². The van der Waals surface area contributed by atoms with E-state index < -0.39 is 0 Å². The summed E-state index contributed by atoms with van der Waals surface area (Å²) in [7, 11) is 0. The minimum absolute atomic E-state index is 0.189. The van der Waals surface area contributed by atoms with Crippen LogP contribution in [0.5, 0.6) is 0 Å². The van der Waals surface area contributed by atoms with E-state index in [0.717, 1.165) is 16.5 Å². The molecule has 0 radical (unpaired) electrons. The highest BCUT2D eigenvalue weighted by atomic mass is 16.2. The molecular weight excluding hydrogens is 370 g/mol. The number of aromatic amines is 2. The number of H-pyrrole nitrogens is 2. The van der Waals surface area contributed by atoms with Crippen molar-refractivity contribution in [2.24, 2.45) is 0 Å². The lowest BCUT2D eigenvalue weighted by Crippen LogP contribution is -2.33. The average molecular weight is 389 g/mol. The zero-order valence-electron chi connectivity index (χ0n) is 15.9. The smallest absolute Gasteiger partial charge is 0.323 e. The maximum Gasteiger partial charge on any atom is 0.323 e. The Labute approximate surface area is 165 Å². The van der Waals surface area contributed by atoms with Gasteiger partial charge in [-0.3, -0.25) is 14.6 Å². The Hall–Kier alpha value is -3.94. The first-order chi connectivity index (χ1) is 13.9. The van der Waals surface area contributed by atoms with E-state index in [2.05, 4.69) is 25.6 Å². The number of rotatable bonds is 4. The van der Waals surface area contributed by atoms with Crippen LogP contribution >= 0.6 is 0 Å². The molecule has 0 atom stereocenters. The van der Waals surface area contributed by atoms with Crippen LogP contribution in [0, 0.1) is 13.8 Å². The van der Waals surface area contributed by atoms with Crippen LogP contribution < -0.4 is 16.3 Å². The summed E-state index contributed by atoms with van der Waals surface area (Å²) in [5, 5.41) is 6.20. The number of amides is 2. The molecular formula is C21H19N5O3. The van der Waals surface area contributed by atoms with E-state index >= 15 is 0 Å². The van der Waals surface area contributed by atoms with E-state index in [1.807, 2.05) is 25.1 Å². The van der Waals surface area contributed by atoms with Gasteiger partial charge < -0.3 is 20.6 Å². The second kappa shape index (κ2) is 7.23. The molecule has 0 saturated carbocycles. The lowest BCUT2D eigenvalue weighted by Gasteiger charge is -2.10. The fourth-order valence-corrected chi connectivity index (χ4v) is 3.19. The highest BCUT2D eigenvalue weighted by Gasteiger charge is 2.13. The van der Waals surface area contributed by atoms with Crippen molar-refractivity contribution in [3.8, 4) is 0 Å². The summed E-state index contributed by atoms with van der Waals surface area (Å²) in [4.78, 5) is 45.8. The van der Waals surface area contributed by atoms with E-state index in [1.54, 1.807) is 31.2 Å². The Morgan fingerprint density at radius 3 is 2.62 bits per heavy atom. The first-order valence-corrected chi connectivity index (χ1v) is 9.07. The van der Waals surface area contributed by atoms with Crippen molar-refractivity contribution in [1.82, 2.24) is 20.3 Å². The number of aromatic nitrogens is 3. The van der Waals surface area contributed by atoms with E-state index in [4.69, 9.17) is 0 Å². The molecule has 4 rings (SSSR count). The van der Waals surface area contributed by atoms with Crippen molar-refractivity contribution in [3.63, 3.8) is 0 Å². The van der Waals surface area contributed by atoms with Crippen molar-refractivity contribution in [2.75, 3.05) is 11.9 Å². The van der Waals surface area contributed by atoms with Gasteiger partial charge in [0.05, 0.1) is 34.4 Å². The second-order valence-electron chi connectivity index (χ2n) is 6.89. The van der Waals surface area contributed by atoms with Gasteiger partial charge in [-0.2, -0.15) is 0 Å². The number of nitrogens with one attached hydrogen (secondary N) is 4. The number of fused-ring (bicyclic) bond motifs is 2. The number of carbonyl (C=O) groups excluding carboxylic acids is 2. The van der Waals surface area contributed by atoms with E-state index in [-0.39, 0.29) is 24.0 Å². The van der Waals surface area contributed by atoms with Gasteiger partial charge in [-0.25, -0.2) is 4.79 Å². The number of hydrogen-bond acceptors (Lipinski definition) is 4. The highest BCUT2D eigenvalue weighted by molar-refractivity contribution is 6.02. The largest absolute Gasteiger partial charge is 0.343 e. The van der Waals surface area contributed by atoms with E-state index in [1.165, 1.54) is 0 Å². The molecule has 2 aromatic carbocycles. The molecule has 4 aromatic rings. The summed E-state index contributed by atoms with van der Waals surface area (Å²) >= 11 is 0. The SMILES string of the molecule is Cc1ccc2nc(C)c(C(=O)NCC(=O)Nc3ccc4[nH]c(=O)[nH]c4c3)cc2c1. The predicted molar refractivity (Wildman–Crippen MR) is 111 cm³/mol. The Bertz CT molecular complexity index is 1320. The quantitative estimate of drug-likeness (QED) is 0.428. The van der Waals surface area contributed by atoms with Crippen LogP contribution in [0.2, 0.25) is 0 Å². The van der Waals surface area contributed by atoms with Gasteiger partial charge in [0.15, 0.2) is 0 Å². The maximum absolute atomic E-state index is 12.6. The molecule has 8 heteroatoms. The van der Waals surface area contributed by atoms with Crippen LogP contribution in [0.15, 0.2) is 47.3 Å². The first kappa shape index (κ1) is 18.4. The third kappa shape index (κ3) is 3.86. The number of aryl methyl sites for hydroxylation is 2. The molecule has 0 bridgehead atoms. The average Bonchev–Trinajstić information content (AvgIpc) is 3.05. The van der Waals surface area contributed by atoms with Crippen molar-refractivity contribution in [3.05, 3.63) is 69.8 Å². The highest BCUT2D eigenvalue weighted by Crippen LogP contribution is 2.18. The van der Waals surface area contributed by atoms with E-state index in [9.17, 15) is 14.4 Å². The number of anilines is 1. The molecule has 0 aliphatic heterocycles. The fraction of sp³-hybridized carbons (Fsp3) is 0.143. The lowest BCUT2D eigenvalue weighted by atomic mass is 10.1. The number of pyridine rings is 1. The zero-order valence-corrected chi connectivity index (χ0v) is 15.9. The Kier molecular flexibility index (Phi) is 4.59. The molecule has 2 amide bonds. The zero-order chi connectivity index (χ0) is 20.5. The second-order valence-corrected chi connectivity index (χ2v) is 6.89. The van der Waals surface area contributed by atoms with E-state index in [0.29, 0.717) is 28.0 Å². The van der Waals surface area contributed by atoms with Crippen LogP contribution in [0.25, 0.3) is 21.9 Å². The summed E-state index contributed by atoms with van der Waals surface area (Å²) < 4.78 is 0. The fourth-order valence-electron chi connectivity index (χ4n) is 3.19. The van der Waals surface area contributed by atoms with Gasteiger partial charge in [-0.15, -0.1) is 0 Å². The van der Waals surface area contributed by atoms with Crippen molar-refractivity contribution >= 4 is 39.4 Å². The third-order valence-corrected chi connectivity index (χ3v) is 4.61.